The second-order valence-corrected chi connectivity index (χ2v) is 11.1. The number of nitrogens with two attached hydrogens (primary N) is 1. The zero-order chi connectivity index (χ0) is 24.9. The van der Waals surface area contributed by atoms with Crippen LogP contribution in [0.15, 0.2) is 77.7 Å². The summed E-state index contributed by atoms with van der Waals surface area (Å²) in [5.74, 6) is -0.529. The van der Waals surface area contributed by atoms with Crippen molar-refractivity contribution in [2.75, 3.05) is 6.26 Å². The zero-order valence-corrected chi connectivity index (χ0v) is 20.9. The minimum Gasteiger partial charge on any atom is -0.366 e. The number of hydrogen-bond donors (Lipinski definition) is 1. The lowest BCUT2D eigenvalue weighted by atomic mass is 10.0. The molecule has 1 aromatic heterocycles. The fourth-order valence-corrected chi connectivity index (χ4v) is 5.62. The van der Waals surface area contributed by atoms with Gasteiger partial charge < -0.3 is 10.3 Å². The highest BCUT2D eigenvalue weighted by Crippen LogP contribution is 2.39. The first-order valence-electron chi connectivity index (χ1n) is 10.6. The maximum Gasteiger partial charge on any atom is 0.249 e. The van der Waals surface area contributed by atoms with Crippen molar-refractivity contribution in [1.29, 1.82) is 0 Å². The number of carbonyl (C=O) groups excluding carboxylic acids is 1. The Morgan fingerprint density at radius 2 is 1.63 bits per heavy atom. The van der Waals surface area contributed by atoms with Crippen molar-refractivity contribution in [1.82, 2.24) is 4.57 Å². The Labute approximate surface area is 212 Å². The Kier molecular flexibility index (Phi) is 5.83. The van der Waals surface area contributed by atoms with E-state index in [0.29, 0.717) is 33.1 Å². The number of aromatic nitrogens is 1. The molecule has 0 aliphatic heterocycles. The van der Waals surface area contributed by atoms with Crippen LogP contribution in [0.3, 0.4) is 0 Å². The van der Waals surface area contributed by atoms with E-state index in [0.717, 1.165) is 27.5 Å². The van der Waals surface area contributed by atoms with Gasteiger partial charge in [0.15, 0.2) is 9.84 Å². The van der Waals surface area contributed by atoms with Crippen molar-refractivity contribution in [3.63, 3.8) is 0 Å². The van der Waals surface area contributed by atoms with E-state index >= 15 is 0 Å². The number of primary amides is 1. The van der Waals surface area contributed by atoms with E-state index in [9.17, 15) is 13.2 Å². The molecule has 5 nitrogen and oxygen atoms in total. The summed E-state index contributed by atoms with van der Waals surface area (Å²) in [5, 5.41) is 2.48. The largest absolute Gasteiger partial charge is 0.366 e. The third-order valence-corrected chi connectivity index (χ3v) is 7.76. The highest BCUT2D eigenvalue weighted by atomic mass is 35.5. The van der Waals surface area contributed by atoms with Crippen LogP contribution in [0.1, 0.15) is 15.9 Å². The lowest BCUT2D eigenvalue weighted by Gasteiger charge is -2.11. The smallest absolute Gasteiger partial charge is 0.249 e. The van der Waals surface area contributed by atoms with Gasteiger partial charge in [0, 0.05) is 44.7 Å². The third-order valence-electron chi connectivity index (χ3n) is 6.00. The van der Waals surface area contributed by atoms with Gasteiger partial charge >= 0.3 is 0 Å². The summed E-state index contributed by atoms with van der Waals surface area (Å²) < 4.78 is 25.8. The predicted octanol–water partition coefficient (Wildman–Crippen LogP) is 6.12. The van der Waals surface area contributed by atoms with Gasteiger partial charge in [-0.15, -0.1) is 0 Å². The molecule has 1 amide bonds. The molecule has 175 valence electrons. The van der Waals surface area contributed by atoms with Gasteiger partial charge in [-0.05, 0) is 65.7 Å². The molecule has 1 heterocycles. The van der Waals surface area contributed by atoms with Gasteiger partial charge in [0.1, 0.15) is 0 Å². The van der Waals surface area contributed by atoms with E-state index in [-0.39, 0.29) is 4.90 Å². The van der Waals surface area contributed by atoms with Crippen LogP contribution in [0.5, 0.6) is 0 Å². The van der Waals surface area contributed by atoms with Crippen LogP contribution in [0.25, 0.3) is 32.9 Å². The monoisotopic (exact) mass is 521 g/mol. The van der Waals surface area contributed by atoms with Gasteiger partial charge in [-0.2, -0.15) is 0 Å². The maximum absolute atomic E-state index is 12.2. The Balaban J connectivity index is 1.77. The van der Waals surface area contributed by atoms with E-state index in [4.69, 9.17) is 28.9 Å². The van der Waals surface area contributed by atoms with Crippen LogP contribution < -0.4 is 5.73 Å². The van der Waals surface area contributed by atoms with Crippen LogP contribution in [0, 0.1) is 6.07 Å². The summed E-state index contributed by atoms with van der Waals surface area (Å²) in [6, 6.07) is 24.6. The molecule has 0 spiro atoms. The van der Waals surface area contributed by atoms with Gasteiger partial charge in [0.05, 0.1) is 15.9 Å². The van der Waals surface area contributed by atoms with Crippen LogP contribution in [0.4, 0.5) is 0 Å². The number of carbonyl (C=O) groups is 1. The standard InChI is InChI=1S/C27H19Cl2N2O3S/c1-35(33,34)18-11-8-16(9-12-18)15-31-23-7-2-4-20(27(30)32)26(23)19-13-10-17(14-24(19)31)25-21(28)5-3-6-22(25)29/h2-12,14H,15H2,1H3,(H2,30,32). The maximum atomic E-state index is 12.2. The Morgan fingerprint density at radius 1 is 0.971 bits per heavy atom. The summed E-state index contributed by atoms with van der Waals surface area (Å²) >= 11 is 12.9. The zero-order valence-electron chi connectivity index (χ0n) is 18.5. The van der Waals surface area contributed by atoms with Crippen molar-refractivity contribution in [2.45, 2.75) is 11.4 Å². The summed E-state index contributed by atoms with van der Waals surface area (Å²) in [6.07, 6.45) is 1.18. The molecule has 0 atom stereocenters. The van der Waals surface area contributed by atoms with E-state index in [1.54, 1.807) is 60.7 Å². The number of rotatable bonds is 5. The molecule has 4 aromatic carbocycles. The molecule has 8 heteroatoms. The fourth-order valence-electron chi connectivity index (χ4n) is 4.37. The number of nitrogens with zero attached hydrogens (tertiary/aromatic N) is 1. The molecule has 5 rings (SSSR count). The average molecular weight is 522 g/mol. The molecule has 0 fully saturated rings. The summed E-state index contributed by atoms with van der Waals surface area (Å²) in [6.45, 7) is 0.430. The number of sulfone groups is 1. The number of halogens is 2. The minimum atomic E-state index is -3.30. The molecule has 35 heavy (non-hydrogen) atoms. The van der Waals surface area contributed by atoms with Gasteiger partial charge in [-0.3, -0.25) is 4.79 Å². The number of hydrogen-bond acceptors (Lipinski definition) is 3. The molecule has 0 saturated heterocycles. The average Bonchev–Trinajstić information content (AvgIpc) is 3.12. The predicted molar refractivity (Wildman–Crippen MR) is 141 cm³/mol. The first-order valence-corrected chi connectivity index (χ1v) is 13.3. The van der Waals surface area contributed by atoms with Crippen molar-refractivity contribution in [3.8, 4) is 11.1 Å². The molecule has 0 unspecified atom stereocenters. The summed E-state index contributed by atoms with van der Waals surface area (Å²) in [7, 11) is -3.30. The number of amides is 1. The van der Waals surface area contributed by atoms with Crippen LogP contribution in [-0.2, 0) is 16.4 Å². The van der Waals surface area contributed by atoms with Crippen LogP contribution in [-0.4, -0.2) is 25.1 Å². The van der Waals surface area contributed by atoms with E-state index in [2.05, 4.69) is 10.6 Å². The van der Waals surface area contributed by atoms with Crippen molar-refractivity contribution >= 4 is 60.8 Å². The van der Waals surface area contributed by atoms with Gasteiger partial charge in [-0.1, -0.05) is 47.5 Å². The van der Waals surface area contributed by atoms with Crippen LogP contribution in [0.2, 0.25) is 10.0 Å². The van der Waals surface area contributed by atoms with Crippen molar-refractivity contribution in [3.05, 3.63) is 100 Å². The minimum absolute atomic E-state index is 0.253. The van der Waals surface area contributed by atoms with Gasteiger partial charge in [-0.25, -0.2) is 8.42 Å². The normalized spacial score (nSPS) is 11.9. The van der Waals surface area contributed by atoms with E-state index in [1.165, 1.54) is 6.26 Å². The molecule has 2 N–H and O–H groups in total. The Bertz CT molecular complexity index is 1720. The van der Waals surface area contributed by atoms with Crippen molar-refractivity contribution < 1.29 is 13.2 Å². The second-order valence-electron chi connectivity index (χ2n) is 8.31. The van der Waals surface area contributed by atoms with Crippen LogP contribution >= 0.6 is 23.2 Å². The Morgan fingerprint density at radius 3 is 2.26 bits per heavy atom. The summed E-state index contributed by atoms with van der Waals surface area (Å²) in [5.41, 5.74) is 10.1. The highest BCUT2D eigenvalue weighted by molar-refractivity contribution is 7.90. The number of benzene rings is 4. The quantitative estimate of drug-likeness (QED) is 0.302. The van der Waals surface area contributed by atoms with Gasteiger partial charge in [0.25, 0.3) is 0 Å². The van der Waals surface area contributed by atoms with Gasteiger partial charge in [0.2, 0.25) is 5.91 Å². The highest BCUT2D eigenvalue weighted by Gasteiger charge is 2.19. The fraction of sp³-hybridized carbons (Fsp3) is 0.0741. The molecule has 0 aliphatic rings. The SMILES string of the molecule is CS(=O)(=O)c1ccc(Cn2c3cc(-c4c(Cl)cccc4Cl)c[c]c3c3c(C(N)=O)cccc32)cc1. The second kappa shape index (κ2) is 8.72. The summed E-state index contributed by atoms with van der Waals surface area (Å²) in [4.78, 5) is 12.5. The topological polar surface area (TPSA) is 82.2 Å². The lowest BCUT2D eigenvalue weighted by Crippen LogP contribution is -2.11. The molecular weight excluding hydrogens is 503 g/mol. The molecular formula is C27H19Cl2N2O3S. The lowest BCUT2D eigenvalue weighted by molar-refractivity contribution is 0.100. The van der Waals surface area contributed by atoms with E-state index in [1.807, 2.05) is 12.1 Å². The first kappa shape index (κ1) is 23.4. The third kappa shape index (κ3) is 4.18. The molecule has 5 aromatic rings. The molecule has 1 radical (unpaired) electrons. The molecule has 0 saturated carbocycles. The number of fused-ring (bicyclic) bond motifs is 3. The first-order chi connectivity index (χ1) is 16.6. The van der Waals surface area contributed by atoms with Crippen molar-refractivity contribution in [2.24, 2.45) is 5.73 Å². The molecule has 0 bridgehead atoms. The van der Waals surface area contributed by atoms with E-state index < -0.39 is 15.7 Å². The Hall–Kier alpha value is -3.32. The molecule has 0 aliphatic carbocycles.